The van der Waals surface area contributed by atoms with Crippen molar-refractivity contribution in [2.24, 2.45) is 4.99 Å². The first-order valence-corrected chi connectivity index (χ1v) is 9.76. The fourth-order valence-electron chi connectivity index (χ4n) is 3.10. The first-order valence-electron chi connectivity index (χ1n) is 9.76. The molecular formula is C21H29IN4O3. The summed E-state index contributed by atoms with van der Waals surface area (Å²) in [5, 5.41) is 9.72. The number of fused-ring (bicyclic) bond motifs is 1. The van der Waals surface area contributed by atoms with Crippen LogP contribution in [-0.4, -0.2) is 38.1 Å². The summed E-state index contributed by atoms with van der Waals surface area (Å²) in [5.41, 5.74) is 1.15. The Morgan fingerprint density at radius 2 is 2.03 bits per heavy atom. The predicted octanol–water partition coefficient (Wildman–Crippen LogP) is 3.03. The first-order chi connectivity index (χ1) is 13.7. The largest absolute Gasteiger partial charge is 0.493 e. The van der Waals surface area contributed by atoms with Gasteiger partial charge in [0.05, 0.1) is 18.9 Å². The molecule has 2 heterocycles. The van der Waals surface area contributed by atoms with Crippen LogP contribution in [0, 0.1) is 0 Å². The van der Waals surface area contributed by atoms with E-state index in [4.69, 9.17) is 9.15 Å². The molecule has 0 saturated carbocycles. The summed E-state index contributed by atoms with van der Waals surface area (Å²) in [7, 11) is 0. The number of benzene rings is 1. The minimum Gasteiger partial charge on any atom is -0.493 e. The fraction of sp³-hybridized carbons (Fsp3) is 0.429. The lowest BCUT2D eigenvalue weighted by molar-refractivity contribution is -0.118. The molecule has 7 nitrogen and oxygen atoms in total. The summed E-state index contributed by atoms with van der Waals surface area (Å²) in [4.78, 5) is 15.7. The highest BCUT2D eigenvalue weighted by Crippen LogP contribution is 2.31. The van der Waals surface area contributed by atoms with Crippen molar-refractivity contribution in [3.8, 4) is 5.75 Å². The van der Waals surface area contributed by atoms with Crippen LogP contribution in [-0.2, 0) is 11.2 Å². The number of nitrogens with zero attached hydrogens (tertiary/aromatic N) is 1. The topological polar surface area (TPSA) is 87.9 Å². The second-order valence-electron chi connectivity index (χ2n) is 6.69. The molecule has 2 aromatic rings. The fourth-order valence-corrected chi connectivity index (χ4v) is 3.10. The summed E-state index contributed by atoms with van der Waals surface area (Å²) in [6.45, 7) is 4.17. The van der Waals surface area contributed by atoms with Gasteiger partial charge in [0.15, 0.2) is 5.96 Å². The monoisotopic (exact) mass is 512 g/mol. The molecule has 158 valence electrons. The Hall–Kier alpha value is -2.23. The molecule has 0 aliphatic carbocycles. The standard InChI is InChI=1S/C21H28N4O3.HI/c1-16(26)22-11-5-12-23-21(24-13-9-17-6-4-14-27-17)25-19-10-15-28-20-8-3-2-7-18(19)20;/h2-4,6-8,14,19H,5,9-13,15H2,1H3,(H,22,26)(H2,23,24,25);1H. The van der Waals surface area contributed by atoms with E-state index in [9.17, 15) is 4.79 Å². The normalized spacial score (nSPS) is 15.5. The van der Waals surface area contributed by atoms with E-state index in [0.29, 0.717) is 19.7 Å². The molecule has 3 rings (SSSR count). The third kappa shape index (κ3) is 7.60. The molecule has 1 aliphatic rings. The van der Waals surface area contributed by atoms with Crippen LogP contribution in [0.15, 0.2) is 52.1 Å². The van der Waals surface area contributed by atoms with Gasteiger partial charge in [-0.1, -0.05) is 18.2 Å². The molecule has 1 atom stereocenters. The Morgan fingerprint density at radius 1 is 1.17 bits per heavy atom. The van der Waals surface area contributed by atoms with E-state index in [1.54, 1.807) is 6.26 Å². The molecule has 0 saturated heterocycles. The highest BCUT2D eigenvalue weighted by Gasteiger charge is 2.21. The number of guanidine groups is 1. The van der Waals surface area contributed by atoms with E-state index in [0.717, 1.165) is 48.8 Å². The highest BCUT2D eigenvalue weighted by atomic mass is 127. The van der Waals surface area contributed by atoms with E-state index in [1.165, 1.54) is 6.92 Å². The number of furan rings is 1. The van der Waals surface area contributed by atoms with Gasteiger partial charge < -0.3 is 25.1 Å². The Balaban J connectivity index is 0.00000300. The third-order valence-electron chi connectivity index (χ3n) is 4.49. The van der Waals surface area contributed by atoms with Crippen LogP contribution in [0.1, 0.15) is 37.1 Å². The van der Waals surface area contributed by atoms with Gasteiger partial charge in [-0.25, -0.2) is 0 Å². The van der Waals surface area contributed by atoms with Crippen molar-refractivity contribution >= 4 is 35.8 Å². The lowest BCUT2D eigenvalue weighted by atomic mass is 10.0. The molecule has 1 aromatic heterocycles. The van der Waals surface area contributed by atoms with Gasteiger partial charge in [0.25, 0.3) is 0 Å². The average Bonchev–Trinajstić information content (AvgIpc) is 3.21. The number of halogens is 1. The van der Waals surface area contributed by atoms with Gasteiger partial charge in [0.2, 0.25) is 5.91 Å². The maximum absolute atomic E-state index is 11.0. The molecule has 0 spiro atoms. The Bertz CT molecular complexity index is 780. The lowest BCUT2D eigenvalue weighted by Gasteiger charge is -2.28. The zero-order valence-electron chi connectivity index (χ0n) is 16.6. The Kier molecular flexibility index (Phi) is 9.82. The number of hydrogen-bond donors (Lipinski definition) is 3. The van der Waals surface area contributed by atoms with Crippen LogP contribution in [0.25, 0.3) is 0 Å². The van der Waals surface area contributed by atoms with Gasteiger partial charge in [-0.3, -0.25) is 9.79 Å². The number of aliphatic imine (C=N–C) groups is 1. The number of hydrogen-bond acceptors (Lipinski definition) is 4. The van der Waals surface area contributed by atoms with Gasteiger partial charge in [-0.15, -0.1) is 24.0 Å². The zero-order chi connectivity index (χ0) is 19.6. The third-order valence-corrected chi connectivity index (χ3v) is 4.49. The van der Waals surface area contributed by atoms with Crippen LogP contribution in [0.3, 0.4) is 0 Å². The van der Waals surface area contributed by atoms with Crippen LogP contribution in [0.4, 0.5) is 0 Å². The van der Waals surface area contributed by atoms with Crippen molar-refractivity contribution < 1.29 is 13.9 Å². The second-order valence-corrected chi connectivity index (χ2v) is 6.69. The summed E-state index contributed by atoms with van der Waals surface area (Å²) >= 11 is 0. The van der Waals surface area contributed by atoms with Crippen LogP contribution in [0.2, 0.25) is 0 Å². The van der Waals surface area contributed by atoms with Crippen molar-refractivity contribution in [3.63, 3.8) is 0 Å². The first kappa shape index (κ1) is 23.1. The molecule has 1 aromatic carbocycles. The second kappa shape index (κ2) is 12.4. The molecule has 0 radical (unpaired) electrons. The summed E-state index contributed by atoms with van der Waals surface area (Å²) in [6.07, 6.45) is 4.13. The maximum atomic E-state index is 11.0. The van der Waals surface area contributed by atoms with Crippen molar-refractivity contribution in [2.45, 2.75) is 32.2 Å². The van der Waals surface area contributed by atoms with E-state index < -0.39 is 0 Å². The number of amides is 1. The number of nitrogens with one attached hydrogen (secondary N) is 3. The van der Waals surface area contributed by atoms with Crippen molar-refractivity contribution in [1.82, 2.24) is 16.0 Å². The van der Waals surface area contributed by atoms with Gasteiger partial charge in [-0.2, -0.15) is 0 Å². The van der Waals surface area contributed by atoms with Crippen LogP contribution >= 0.6 is 24.0 Å². The van der Waals surface area contributed by atoms with Crippen molar-refractivity contribution in [2.75, 3.05) is 26.2 Å². The molecular weight excluding hydrogens is 483 g/mol. The minimum absolute atomic E-state index is 0. The summed E-state index contributed by atoms with van der Waals surface area (Å²) in [5.74, 6) is 2.61. The molecule has 8 heteroatoms. The molecule has 0 fully saturated rings. The van der Waals surface area contributed by atoms with E-state index in [2.05, 4.69) is 27.0 Å². The SMILES string of the molecule is CC(=O)NCCCN=C(NCCc1ccco1)NC1CCOc2ccccc21.I. The molecule has 1 aliphatic heterocycles. The van der Waals surface area contributed by atoms with E-state index >= 15 is 0 Å². The van der Waals surface area contributed by atoms with Gasteiger partial charge >= 0.3 is 0 Å². The Labute approximate surface area is 188 Å². The van der Waals surface area contributed by atoms with Crippen molar-refractivity contribution in [1.29, 1.82) is 0 Å². The summed E-state index contributed by atoms with van der Waals surface area (Å²) in [6, 6.07) is 12.1. The smallest absolute Gasteiger partial charge is 0.216 e. The molecule has 1 amide bonds. The van der Waals surface area contributed by atoms with Crippen molar-refractivity contribution in [3.05, 3.63) is 54.0 Å². The van der Waals surface area contributed by atoms with Crippen LogP contribution in [0.5, 0.6) is 5.75 Å². The van der Waals surface area contributed by atoms with Gasteiger partial charge in [-0.05, 0) is 24.6 Å². The van der Waals surface area contributed by atoms with E-state index in [1.807, 2.05) is 30.3 Å². The Morgan fingerprint density at radius 3 is 2.83 bits per heavy atom. The number of carbonyl (C=O) groups is 1. The number of carbonyl (C=O) groups excluding carboxylic acids is 1. The average molecular weight is 512 g/mol. The highest BCUT2D eigenvalue weighted by molar-refractivity contribution is 14.0. The predicted molar refractivity (Wildman–Crippen MR) is 124 cm³/mol. The number of ether oxygens (including phenoxy) is 1. The van der Waals surface area contributed by atoms with Crippen LogP contribution < -0.4 is 20.7 Å². The van der Waals surface area contributed by atoms with Gasteiger partial charge in [0, 0.05) is 45.0 Å². The molecule has 1 unspecified atom stereocenters. The molecule has 29 heavy (non-hydrogen) atoms. The van der Waals surface area contributed by atoms with Gasteiger partial charge in [0.1, 0.15) is 11.5 Å². The maximum Gasteiger partial charge on any atom is 0.216 e. The quantitative estimate of drug-likeness (QED) is 0.219. The summed E-state index contributed by atoms with van der Waals surface area (Å²) < 4.78 is 11.1. The van der Waals surface area contributed by atoms with E-state index in [-0.39, 0.29) is 35.9 Å². The minimum atomic E-state index is -0.0160. The number of para-hydroxylation sites is 1. The number of rotatable bonds is 8. The molecule has 3 N–H and O–H groups in total. The zero-order valence-corrected chi connectivity index (χ0v) is 19.0. The molecule has 0 bridgehead atoms. The lowest BCUT2D eigenvalue weighted by Crippen LogP contribution is -2.42.